The first-order valence-electron chi connectivity index (χ1n) is 6.45. The summed E-state index contributed by atoms with van der Waals surface area (Å²) < 4.78 is 28.3. The van der Waals surface area contributed by atoms with Crippen LogP contribution in [0, 0.1) is 17.6 Å². The van der Waals surface area contributed by atoms with E-state index in [1.807, 2.05) is 18.7 Å². The number of nitrogens with zero attached hydrogens (tertiary/aromatic N) is 1. The Morgan fingerprint density at radius 1 is 1.37 bits per heavy atom. The molecule has 0 heterocycles. The normalized spacial score (nSPS) is 14.8. The maximum Gasteiger partial charge on any atom is 0.150 e. The summed E-state index contributed by atoms with van der Waals surface area (Å²) >= 11 is 4.75. The second-order valence-electron chi connectivity index (χ2n) is 5.43. The third-order valence-electron chi connectivity index (χ3n) is 3.14. The van der Waals surface area contributed by atoms with E-state index in [4.69, 9.17) is 18.0 Å². The monoisotopic (exact) mass is 284 g/mol. The number of hydrogen-bond acceptors (Lipinski definition) is 2. The predicted octanol–water partition coefficient (Wildman–Crippen LogP) is 3.22. The topological polar surface area (TPSA) is 29.3 Å². The molecule has 19 heavy (non-hydrogen) atoms. The molecule has 2 N–H and O–H groups in total. The zero-order chi connectivity index (χ0) is 14.2. The highest BCUT2D eigenvalue weighted by Gasteiger charge is 2.33. The van der Waals surface area contributed by atoms with Gasteiger partial charge >= 0.3 is 0 Å². The van der Waals surface area contributed by atoms with E-state index in [9.17, 15) is 8.78 Å². The van der Waals surface area contributed by atoms with Gasteiger partial charge in [0.25, 0.3) is 0 Å². The third-order valence-corrected chi connectivity index (χ3v) is 3.37. The minimum Gasteiger partial charge on any atom is -0.389 e. The minimum atomic E-state index is -0.588. The molecular formula is C14H18F2N2S. The summed E-state index contributed by atoms with van der Waals surface area (Å²) in [5.41, 5.74) is 5.70. The molecule has 104 valence electrons. The second-order valence-corrected chi connectivity index (χ2v) is 5.87. The molecular weight excluding hydrogens is 266 g/mol. The molecule has 0 spiro atoms. The SMILES string of the molecule is CC(C)CN(c1c(F)cc(C(N)=S)cc1F)C1CC1. The van der Waals surface area contributed by atoms with Crippen molar-refractivity contribution < 1.29 is 8.78 Å². The fraction of sp³-hybridized carbons (Fsp3) is 0.500. The Kier molecular flexibility index (Phi) is 4.04. The molecule has 0 radical (unpaired) electrons. The van der Waals surface area contributed by atoms with Crippen LogP contribution in [0.4, 0.5) is 14.5 Å². The lowest BCUT2D eigenvalue weighted by Gasteiger charge is -2.27. The molecule has 0 saturated heterocycles. The van der Waals surface area contributed by atoms with Gasteiger partial charge in [0.05, 0.1) is 0 Å². The number of halogens is 2. The fourth-order valence-electron chi connectivity index (χ4n) is 2.18. The van der Waals surface area contributed by atoms with Gasteiger partial charge in [-0.15, -0.1) is 0 Å². The first-order valence-corrected chi connectivity index (χ1v) is 6.86. The van der Waals surface area contributed by atoms with E-state index in [2.05, 4.69) is 0 Å². The van der Waals surface area contributed by atoms with Crippen LogP contribution < -0.4 is 10.6 Å². The average molecular weight is 284 g/mol. The average Bonchev–Trinajstić information content (AvgIpc) is 3.09. The van der Waals surface area contributed by atoms with Crippen molar-refractivity contribution in [3.8, 4) is 0 Å². The predicted molar refractivity (Wildman–Crippen MR) is 77.5 cm³/mol. The lowest BCUT2D eigenvalue weighted by molar-refractivity contribution is 0.544. The van der Waals surface area contributed by atoms with Gasteiger partial charge in [0.1, 0.15) is 22.3 Å². The summed E-state index contributed by atoms with van der Waals surface area (Å²) in [7, 11) is 0. The Hall–Kier alpha value is -1.23. The van der Waals surface area contributed by atoms with Crippen LogP contribution >= 0.6 is 12.2 Å². The summed E-state index contributed by atoms with van der Waals surface area (Å²) in [6.45, 7) is 4.72. The molecule has 2 rings (SSSR count). The number of benzene rings is 1. The van der Waals surface area contributed by atoms with E-state index in [1.54, 1.807) is 0 Å². The largest absolute Gasteiger partial charge is 0.389 e. The Morgan fingerprint density at radius 2 is 1.89 bits per heavy atom. The van der Waals surface area contributed by atoms with Crippen LogP contribution in [-0.4, -0.2) is 17.6 Å². The van der Waals surface area contributed by atoms with Gasteiger partial charge in [0.15, 0.2) is 0 Å². The van der Waals surface area contributed by atoms with Gasteiger partial charge in [-0.1, -0.05) is 26.1 Å². The van der Waals surface area contributed by atoms with Crippen molar-refractivity contribution >= 4 is 22.9 Å². The van der Waals surface area contributed by atoms with Crippen molar-refractivity contribution in [2.75, 3.05) is 11.4 Å². The summed E-state index contributed by atoms with van der Waals surface area (Å²) in [5.74, 6) is -0.833. The van der Waals surface area contributed by atoms with E-state index in [1.165, 1.54) is 12.1 Å². The number of thiocarbonyl (C=S) groups is 1. The standard InChI is InChI=1S/C14H18F2N2S/c1-8(2)7-18(10-3-4-10)13-11(15)5-9(14(17)19)6-12(13)16/h5-6,8,10H,3-4,7H2,1-2H3,(H2,17,19). The van der Waals surface area contributed by atoms with Crippen molar-refractivity contribution in [2.45, 2.75) is 32.7 Å². The van der Waals surface area contributed by atoms with E-state index in [0.717, 1.165) is 12.8 Å². The maximum absolute atomic E-state index is 14.2. The van der Waals surface area contributed by atoms with Crippen molar-refractivity contribution in [1.29, 1.82) is 0 Å². The molecule has 1 aromatic carbocycles. The Labute approximate surface area is 117 Å². The van der Waals surface area contributed by atoms with Gasteiger partial charge in [-0.05, 0) is 30.9 Å². The number of nitrogens with two attached hydrogens (primary N) is 1. The van der Waals surface area contributed by atoms with Gasteiger partial charge in [-0.2, -0.15) is 0 Å². The van der Waals surface area contributed by atoms with Gasteiger partial charge in [0, 0.05) is 18.2 Å². The smallest absolute Gasteiger partial charge is 0.150 e. The van der Waals surface area contributed by atoms with Crippen LogP contribution in [0.2, 0.25) is 0 Å². The van der Waals surface area contributed by atoms with Gasteiger partial charge in [-0.25, -0.2) is 8.78 Å². The Morgan fingerprint density at radius 3 is 2.26 bits per heavy atom. The quantitative estimate of drug-likeness (QED) is 0.842. The van der Waals surface area contributed by atoms with Crippen molar-refractivity contribution in [3.63, 3.8) is 0 Å². The van der Waals surface area contributed by atoms with E-state index >= 15 is 0 Å². The van der Waals surface area contributed by atoms with E-state index < -0.39 is 11.6 Å². The van der Waals surface area contributed by atoms with Crippen LogP contribution in [0.3, 0.4) is 0 Å². The van der Waals surface area contributed by atoms with E-state index in [-0.39, 0.29) is 22.3 Å². The first kappa shape index (κ1) is 14.2. The maximum atomic E-state index is 14.2. The Bertz CT molecular complexity index is 475. The minimum absolute atomic E-state index is 0.00572. The number of hydrogen-bond donors (Lipinski definition) is 1. The van der Waals surface area contributed by atoms with Gasteiger partial charge < -0.3 is 10.6 Å². The zero-order valence-corrected chi connectivity index (χ0v) is 11.9. The first-order chi connectivity index (χ1) is 8.90. The highest BCUT2D eigenvalue weighted by Crippen LogP contribution is 2.35. The molecule has 0 amide bonds. The Balaban J connectivity index is 2.39. The van der Waals surface area contributed by atoms with Crippen molar-refractivity contribution in [1.82, 2.24) is 0 Å². The fourth-order valence-corrected chi connectivity index (χ4v) is 2.30. The highest BCUT2D eigenvalue weighted by molar-refractivity contribution is 7.80. The molecule has 1 fully saturated rings. The number of rotatable bonds is 5. The molecule has 5 heteroatoms. The second kappa shape index (κ2) is 5.41. The third kappa shape index (κ3) is 3.21. The molecule has 0 atom stereocenters. The van der Waals surface area contributed by atoms with Gasteiger partial charge in [-0.3, -0.25) is 0 Å². The van der Waals surface area contributed by atoms with Crippen LogP contribution in [0.1, 0.15) is 32.3 Å². The zero-order valence-electron chi connectivity index (χ0n) is 11.1. The van der Waals surface area contributed by atoms with Crippen molar-refractivity contribution in [3.05, 3.63) is 29.3 Å². The molecule has 0 aliphatic heterocycles. The van der Waals surface area contributed by atoms with E-state index in [0.29, 0.717) is 12.5 Å². The van der Waals surface area contributed by atoms with Crippen molar-refractivity contribution in [2.24, 2.45) is 11.7 Å². The molecule has 1 aromatic rings. The molecule has 1 aliphatic rings. The molecule has 1 saturated carbocycles. The molecule has 0 unspecified atom stereocenters. The summed E-state index contributed by atoms with van der Waals surface area (Å²) in [5, 5.41) is 0. The lowest BCUT2D eigenvalue weighted by Crippen LogP contribution is -2.31. The number of anilines is 1. The molecule has 0 bridgehead atoms. The summed E-state index contributed by atoms with van der Waals surface area (Å²) in [6, 6.07) is 2.69. The van der Waals surface area contributed by atoms with Crippen LogP contribution in [0.15, 0.2) is 12.1 Å². The van der Waals surface area contributed by atoms with Crippen LogP contribution in [-0.2, 0) is 0 Å². The molecule has 0 aromatic heterocycles. The summed E-state index contributed by atoms with van der Waals surface area (Å²) in [4.78, 5) is 1.84. The lowest BCUT2D eigenvalue weighted by atomic mass is 10.1. The van der Waals surface area contributed by atoms with Crippen LogP contribution in [0.25, 0.3) is 0 Å². The molecule has 2 nitrogen and oxygen atoms in total. The molecule has 1 aliphatic carbocycles. The highest BCUT2D eigenvalue weighted by atomic mass is 32.1. The summed E-state index contributed by atoms with van der Waals surface area (Å²) in [6.07, 6.45) is 1.98. The van der Waals surface area contributed by atoms with Gasteiger partial charge in [0.2, 0.25) is 0 Å². The van der Waals surface area contributed by atoms with Crippen LogP contribution in [0.5, 0.6) is 0 Å².